The predicted molar refractivity (Wildman–Crippen MR) is 99.2 cm³/mol. The highest BCUT2D eigenvalue weighted by Gasteiger charge is 2.27. The van der Waals surface area contributed by atoms with Crippen LogP contribution < -0.4 is 11.1 Å². The average molecular weight is 384 g/mol. The number of halogens is 2. The van der Waals surface area contributed by atoms with Gasteiger partial charge in [-0.25, -0.2) is 18.6 Å². The molecule has 3 N–H and O–H groups in total. The maximum Gasteiger partial charge on any atom is 0.323 e. The summed E-state index contributed by atoms with van der Waals surface area (Å²) in [7, 11) is 0. The molecule has 0 saturated carbocycles. The number of aromatic nitrogens is 2. The van der Waals surface area contributed by atoms with E-state index >= 15 is 0 Å². The first kappa shape index (κ1) is 18.2. The highest BCUT2D eigenvalue weighted by atomic mass is 19.3. The number of amidine groups is 1. The lowest BCUT2D eigenvalue weighted by molar-refractivity contribution is 0.146. The minimum Gasteiger partial charge on any atom is -0.321 e. The largest absolute Gasteiger partial charge is 0.323 e. The van der Waals surface area contributed by atoms with Gasteiger partial charge in [-0.1, -0.05) is 6.08 Å². The average Bonchev–Trinajstić information content (AvgIpc) is 3.14. The van der Waals surface area contributed by atoms with Gasteiger partial charge in [0.05, 0.1) is 11.7 Å². The van der Waals surface area contributed by atoms with Gasteiger partial charge in [0.1, 0.15) is 11.5 Å². The van der Waals surface area contributed by atoms with Crippen LogP contribution in [0.15, 0.2) is 47.9 Å². The van der Waals surface area contributed by atoms with Crippen molar-refractivity contribution in [1.82, 2.24) is 20.2 Å². The molecule has 4 heterocycles. The van der Waals surface area contributed by atoms with Crippen molar-refractivity contribution in [3.8, 4) is 0 Å². The third kappa shape index (κ3) is 3.61. The maximum atomic E-state index is 12.8. The van der Waals surface area contributed by atoms with E-state index in [2.05, 4.69) is 20.3 Å². The van der Waals surface area contributed by atoms with E-state index in [1.807, 2.05) is 18.2 Å². The number of urea groups is 1. The maximum absolute atomic E-state index is 12.8. The number of nitrogens with one attached hydrogen (secondary N) is 1. The second kappa shape index (κ2) is 7.43. The summed E-state index contributed by atoms with van der Waals surface area (Å²) in [5, 5.41) is 2.76. The molecular formula is C19H18F2N6O. The highest BCUT2D eigenvalue weighted by molar-refractivity contribution is 6.03. The Morgan fingerprint density at radius 1 is 1.29 bits per heavy atom. The molecule has 0 spiro atoms. The molecule has 0 radical (unpaired) electrons. The summed E-state index contributed by atoms with van der Waals surface area (Å²) in [5.74, 6) is 0.369. The van der Waals surface area contributed by atoms with Crippen LogP contribution in [0.3, 0.4) is 0 Å². The number of nitrogens with zero attached hydrogens (tertiary/aromatic N) is 4. The number of amides is 2. The van der Waals surface area contributed by atoms with E-state index in [4.69, 9.17) is 5.73 Å². The van der Waals surface area contributed by atoms with Crippen molar-refractivity contribution in [2.24, 2.45) is 10.7 Å². The second-order valence-corrected chi connectivity index (χ2v) is 6.64. The van der Waals surface area contributed by atoms with Gasteiger partial charge in [0.2, 0.25) is 0 Å². The van der Waals surface area contributed by atoms with Crippen LogP contribution in [0.25, 0.3) is 5.70 Å². The lowest BCUT2D eigenvalue weighted by Crippen LogP contribution is -2.48. The summed E-state index contributed by atoms with van der Waals surface area (Å²) in [4.78, 5) is 26.5. The van der Waals surface area contributed by atoms with Crippen LogP contribution >= 0.6 is 0 Å². The van der Waals surface area contributed by atoms with Crippen LogP contribution in [0.5, 0.6) is 0 Å². The smallest absolute Gasteiger partial charge is 0.321 e. The minimum absolute atomic E-state index is 0.233. The highest BCUT2D eigenvalue weighted by Crippen LogP contribution is 2.26. The van der Waals surface area contributed by atoms with Crippen molar-refractivity contribution in [1.29, 1.82) is 0 Å². The van der Waals surface area contributed by atoms with Crippen molar-refractivity contribution < 1.29 is 13.6 Å². The first-order valence-electron chi connectivity index (χ1n) is 8.78. The van der Waals surface area contributed by atoms with Gasteiger partial charge in [0.15, 0.2) is 0 Å². The molecule has 2 aromatic rings. The fourth-order valence-electron chi connectivity index (χ4n) is 3.18. The number of hydrogen-bond acceptors (Lipinski definition) is 5. The Labute approximate surface area is 160 Å². The zero-order valence-corrected chi connectivity index (χ0v) is 14.8. The third-order valence-electron chi connectivity index (χ3n) is 4.69. The number of carbonyl (C=O) groups is 1. The normalized spacial score (nSPS) is 18.6. The van der Waals surface area contributed by atoms with Crippen LogP contribution in [0.1, 0.15) is 35.2 Å². The van der Waals surface area contributed by atoms with Gasteiger partial charge in [0, 0.05) is 37.2 Å². The lowest BCUT2D eigenvalue weighted by Gasteiger charge is -2.23. The Balaban J connectivity index is 1.47. The Kier molecular flexibility index (Phi) is 4.82. The Hall–Kier alpha value is -3.20. The van der Waals surface area contributed by atoms with Gasteiger partial charge < -0.3 is 10.6 Å². The number of pyridine rings is 2. The number of rotatable bonds is 2. The molecule has 0 saturated heterocycles. The van der Waals surface area contributed by atoms with Crippen molar-refractivity contribution in [3.05, 3.63) is 65.2 Å². The summed E-state index contributed by atoms with van der Waals surface area (Å²) < 4.78 is 25.7. The SMILES string of the molecule is NC1CC=C(c2cccnc2)N=C1NC(=O)N1Cc2cnc(C(F)F)cc2C1. The molecule has 1 unspecified atom stereocenters. The number of aliphatic imine (C=N–C) groups is 1. The molecule has 0 fully saturated rings. The molecule has 28 heavy (non-hydrogen) atoms. The van der Waals surface area contributed by atoms with Gasteiger partial charge in [-0.05, 0) is 35.7 Å². The van der Waals surface area contributed by atoms with Crippen LogP contribution in [0.2, 0.25) is 0 Å². The zero-order chi connectivity index (χ0) is 19.7. The van der Waals surface area contributed by atoms with E-state index in [0.29, 0.717) is 30.1 Å². The quantitative estimate of drug-likeness (QED) is 0.832. The van der Waals surface area contributed by atoms with Gasteiger partial charge >= 0.3 is 6.03 Å². The summed E-state index contributed by atoms with van der Waals surface area (Å²) >= 11 is 0. The Morgan fingerprint density at radius 2 is 2.11 bits per heavy atom. The molecule has 4 rings (SSSR count). The molecule has 0 bridgehead atoms. The Bertz CT molecular complexity index is 960. The molecule has 2 aromatic heterocycles. The van der Waals surface area contributed by atoms with E-state index in [-0.39, 0.29) is 18.3 Å². The molecule has 7 nitrogen and oxygen atoms in total. The standard InChI is InChI=1S/C19H18F2N6O/c20-17(21)16-6-12-9-27(10-13(12)8-24-16)19(28)26-18-14(22)3-4-15(25-18)11-2-1-5-23-7-11/h1-2,4-8,14,17H,3,9-10,22H2,(H,25,26,28). The van der Waals surface area contributed by atoms with Crippen molar-refractivity contribution >= 4 is 17.6 Å². The number of fused-ring (bicyclic) bond motifs is 1. The van der Waals surface area contributed by atoms with Crippen molar-refractivity contribution in [2.45, 2.75) is 32.0 Å². The monoisotopic (exact) mass is 384 g/mol. The number of alkyl halides is 2. The van der Waals surface area contributed by atoms with Crippen LogP contribution in [0, 0.1) is 0 Å². The van der Waals surface area contributed by atoms with E-state index < -0.39 is 12.5 Å². The molecule has 2 aliphatic heterocycles. The number of hydrogen-bond donors (Lipinski definition) is 2. The molecule has 0 aromatic carbocycles. The third-order valence-corrected chi connectivity index (χ3v) is 4.69. The van der Waals surface area contributed by atoms with Gasteiger partial charge in [-0.2, -0.15) is 0 Å². The zero-order valence-electron chi connectivity index (χ0n) is 14.8. The molecular weight excluding hydrogens is 366 g/mol. The van der Waals surface area contributed by atoms with Crippen molar-refractivity contribution in [3.63, 3.8) is 0 Å². The number of carbonyl (C=O) groups excluding carboxylic acids is 1. The molecule has 1 atom stereocenters. The fourth-order valence-corrected chi connectivity index (χ4v) is 3.18. The lowest BCUT2D eigenvalue weighted by atomic mass is 10.1. The van der Waals surface area contributed by atoms with Gasteiger partial charge in [-0.3, -0.25) is 15.3 Å². The van der Waals surface area contributed by atoms with Crippen LogP contribution in [0.4, 0.5) is 13.6 Å². The molecule has 0 aliphatic carbocycles. The topological polar surface area (TPSA) is 96.5 Å². The summed E-state index contributed by atoms with van der Waals surface area (Å²) in [6.07, 6.45) is 4.56. The Morgan fingerprint density at radius 3 is 2.86 bits per heavy atom. The van der Waals surface area contributed by atoms with Crippen molar-refractivity contribution in [2.75, 3.05) is 0 Å². The van der Waals surface area contributed by atoms with E-state index in [0.717, 1.165) is 11.1 Å². The van der Waals surface area contributed by atoms with Crippen LogP contribution in [-0.2, 0) is 13.1 Å². The van der Waals surface area contributed by atoms with Gasteiger partial charge in [-0.15, -0.1) is 0 Å². The van der Waals surface area contributed by atoms with Gasteiger partial charge in [0.25, 0.3) is 6.43 Å². The predicted octanol–water partition coefficient (Wildman–Crippen LogP) is 2.61. The minimum atomic E-state index is -2.64. The fraction of sp³-hybridized carbons (Fsp3) is 0.263. The first-order valence-corrected chi connectivity index (χ1v) is 8.78. The molecule has 2 aliphatic rings. The molecule has 144 valence electrons. The second-order valence-electron chi connectivity index (χ2n) is 6.64. The summed E-state index contributed by atoms with van der Waals surface area (Å²) in [5.41, 5.74) is 8.76. The van der Waals surface area contributed by atoms with E-state index in [1.54, 1.807) is 12.4 Å². The molecule has 2 amide bonds. The van der Waals surface area contributed by atoms with Crippen LogP contribution in [-0.4, -0.2) is 32.8 Å². The molecule has 9 heteroatoms. The first-order chi connectivity index (χ1) is 13.5. The number of nitrogens with two attached hydrogens (primary N) is 1. The van der Waals surface area contributed by atoms with E-state index in [1.165, 1.54) is 17.2 Å². The summed E-state index contributed by atoms with van der Waals surface area (Å²) in [6, 6.07) is 4.23. The van der Waals surface area contributed by atoms with E-state index in [9.17, 15) is 13.6 Å². The summed E-state index contributed by atoms with van der Waals surface area (Å²) in [6.45, 7) is 0.530.